The molecule has 0 aliphatic heterocycles. The standard InChI is InChI=1S/C17H30N2O/c1-14(2)20-12-11-19(5)13-17(3,4)16(18)15-9-7-6-8-10-15/h6-10,14,16H,11-13,18H2,1-5H3. The number of hydrogen-bond acceptors (Lipinski definition) is 3. The fourth-order valence-electron chi connectivity index (χ4n) is 2.43. The van der Waals surface area contributed by atoms with Gasteiger partial charge in [0.2, 0.25) is 0 Å². The van der Waals surface area contributed by atoms with Gasteiger partial charge in [-0.05, 0) is 31.9 Å². The van der Waals surface area contributed by atoms with E-state index in [1.54, 1.807) is 0 Å². The van der Waals surface area contributed by atoms with Crippen LogP contribution in [0.2, 0.25) is 0 Å². The quantitative estimate of drug-likeness (QED) is 0.794. The zero-order chi connectivity index (χ0) is 15.2. The van der Waals surface area contributed by atoms with Gasteiger partial charge in [0.15, 0.2) is 0 Å². The molecule has 0 saturated carbocycles. The number of nitrogens with two attached hydrogens (primary N) is 1. The predicted molar refractivity (Wildman–Crippen MR) is 85.7 cm³/mol. The van der Waals surface area contributed by atoms with Crippen LogP contribution in [0.1, 0.15) is 39.3 Å². The second-order valence-corrected chi connectivity index (χ2v) is 6.53. The van der Waals surface area contributed by atoms with Gasteiger partial charge in [-0.3, -0.25) is 0 Å². The Balaban J connectivity index is 2.51. The van der Waals surface area contributed by atoms with Gasteiger partial charge in [-0.25, -0.2) is 0 Å². The smallest absolute Gasteiger partial charge is 0.0596 e. The van der Waals surface area contributed by atoms with Gasteiger partial charge in [0.1, 0.15) is 0 Å². The lowest BCUT2D eigenvalue weighted by Crippen LogP contribution is -2.40. The first kappa shape index (κ1) is 17.2. The van der Waals surface area contributed by atoms with Gasteiger partial charge >= 0.3 is 0 Å². The lowest BCUT2D eigenvalue weighted by molar-refractivity contribution is 0.0548. The van der Waals surface area contributed by atoms with Crippen LogP contribution in [-0.4, -0.2) is 37.7 Å². The molecule has 1 unspecified atom stereocenters. The minimum atomic E-state index is 0.0218. The fraction of sp³-hybridized carbons (Fsp3) is 0.647. The van der Waals surface area contributed by atoms with Crippen molar-refractivity contribution in [3.05, 3.63) is 35.9 Å². The molecule has 1 atom stereocenters. The molecular weight excluding hydrogens is 248 g/mol. The summed E-state index contributed by atoms with van der Waals surface area (Å²) in [7, 11) is 2.13. The van der Waals surface area contributed by atoms with Crippen LogP contribution in [0.3, 0.4) is 0 Å². The second kappa shape index (κ2) is 7.77. The monoisotopic (exact) mass is 278 g/mol. The van der Waals surface area contributed by atoms with E-state index in [1.165, 1.54) is 5.56 Å². The summed E-state index contributed by atoms with van der Waals surface area (Å²) in [5.74, 6) is 0. The molecule has 0 aliphatic carbocycles. The number of ether oxygens (including phenoxy) is 1. The first-order chi connectivity index (χ1) is 9.33. The summed E-state index contributed by atoms with van der Waals surface area (Å²) in [6.07, 6.45) is 0.294. The molecule has 114 valence electrons. The number of nitrogens with zero attached hydrogens (tertiary/aromatic N) is 1. The maximum absolute atomic E-state index is 6.44. The van der Waals surface area contributed by atoms with Crippen molar-refractivity contribution in [2.24, 2.45) is 11.1 Å². The number of rotatable bonds is 8. The molecule has 3 heteroatoms. The van der Waals surface area contributed by atoms with Crippen LogP contribution < -0.4 is 5.73 Å². The number of benzene rings is 1. The topological polar surface area (TPSA) is 38.5 Å². The third-order valence-electron chi connectivity index (χ3n) is 3.60. The van der Waals surface area contributed by atoms with E-state index in [9.17, 15) is 0 Å². The van der Waals surface area contributed by atoms with Gasteiger partial charge in [0.25, 0.3) is 0 Å². The Labute approximate surface area is 124 Å². The minimum Gasteiger partial charge on any atom is -0.377 e. The van der Waals surface area contributed by atoms with Gasteiger partial charge in [-0.15, -0.1) is 0 Å². The molecule has 2 N–H and O–H groups in total. The Bertz CT molecular complexity index is 376. The molecule has 0 bridgehead atoms. The molecular formula is C17H30N2O. The Morgan fingerprint density at radius 3 is 2.35 bits per heavy atom. The van der Waals surface area contributed by atoms with Crippen LogP contribution in [0, 0.1) is 5.41 Å². The van der Waals surface area contributed by atoms with E-state index in [2.05, 4.69) is 51.8 Å². The molecule has 0 heterocycles. The minimum absolute atomic E-state index is 0.0218. The van der Waals surface area contributed by atoms with Crippen LogP contribution in [-0.2, 0) is 4.74 Å². The molecule has 1 aromatic rings. The normalized spacial score (nSPS) is 14.0. The number of likely N-dealkylation sites (N-methyl/N-ethyl adjacent to an activating group) is 1. The van der Waals surface area contributed by atoms with Gasteiger partial charge in [-0.2, -0.15) is 0 Å². The summed E-state index contributed by atoms with van der Waals surface area (Å²) >= 11 is 0. The van der Waals surface area contributed by atoms with E-state index in [4.69, 9.17) is 10.5 Å². The summed E-state index contributed by atoms with van der Waals surface area (Å²) in [4.78, 5) is 2.30. The molecule has 3 nitrogen and oxygen atoms in total. The van der Waals surface area contributed by atoms with Gasteiger partial charge < -0.3 is 15.4 Å². The maximum atomic E-state index is 6.44. The number of hydrogen-bond donors (Lipinski definition) is 1. The molecule has 0 amide bonds. The SMILES string of the molecule is CC(C)OCCN(C)CC(C)(C)C(N)c1ccccc1. The van der Waals surface area contributed by atoms with Crippen molar-refractivity contribution in [2.75, 3.05) is 26.7 Å². The third kappa shape index (κ3) is 5.61. The largest absolute Gasteiger partial charge is 0.377 e. The van der Waals surface area contributed by atoms with Crippen molar-refractivity contribution < 1.29 is 4.74 Å². The summed E-state index contributed by atoms with van der Waals surface area (Å²) < 4.78 is 5.60. The maximum Gasteiger partial charge on any atom is 0.0596 e. The van der Waals surface area contributed by atoms with E-state index in [-0.39, 0.29) is 11.5 Å². The second-order valence-electron chi connectivity index (χ2n) is 6.53. The fourth-order valence-corrected chi connectivity index (χ4v) is 2.43. The highest BCUT2D eigenvalue weighted by Crippen LogP contribution is 2.31. The molecule has 0 aliphatic rings. The first-order valence-corrected chi connectivity index (χ1v) is 7.43. The van der Waals surface area contributed by atoms with Crippen molar-refractivity contribution in [1.82, 2.24) is 4.90 Å². The zero-order valence-electron chi connectivity index (χ0n) is 13.6. The Hall–Kier alpha value is -0.900. The van der Waals surface area contributed by atoms with Crippen LogP contribution in [0.4, 0.5) is 0 Å². The Kier molecular flexibility index (Phi) is 6.66. The molecule has 0 spiro atoms. The summed E-state index contributed by atoms with van der Waals surface area (Å²) in [6.45, 7) is 11.2. The van der Waals surface area contributed by atoms with E-state index < -0.39 is 0 Å². The van der Waals surface area contributed by atoms with Crippen molar-refractivity contribution in [2.45, 2.75) is 39.8 Å². The van der Waals surface area contributed by atoms with Crippen molar-refractivity contribution in [1.29, 1.82) is 0 Å². The molecule has 0 radical (unpaired) electrons. The molecule has 1 aromatic carbocycles. The van der Waals surface area contributed by atoms with Crippen molar-refractivity contribution >= 4 is 0 Å². The van der Waals surface area contributed by atoms with Gasteiger partial charge in [-0.1, -0.05) is 44.2 Å². The molecule has 1 rings (SSSR count). The molecule has 0 fully saturated rings. The van der Waals surface area contributed by atoms with Crippen LogP contribution >= 0.6 is 0 Å². The van der Waals surface area contributed by atoms with Crippen LogP contribution in [0.15, 0.2) is 30.3 Å². The van der Waals surface area contributed by atoms with Gasteiger partial charge in [0, 0.05) is 19.1 Å². The molecule has 20 heavy (non-hydrogen) atoms. The van der Waals surface area contributed by atoms with E-state index in [1.807, 2.05) is 18.2 Å². The third-order valence-corrected chi connectivity index (χ3v) is 3.60. The van der Waals surface area contributed by atoms with Crippen molar-refractivity contribution in [3.8, 4) is 0 Å². The lowest BCUT2D eigenvalue weighted by atomic mass is 9.80. The van der Waals surface area contributed by atoms with Crippen molar-refractivity contribution in [3.63, 3.8) is 0 Å². The lowest BCUT2D eigenvalue weighted by Gasteiger charge is -2.35. The molecule has 0 aromatic heterocycles. The Morgan fingerprint density at radius 2 is 1.80 bits per heavy atom. The Morgan fingerprint density at radius 1 is 1.20 bits per heavy atom. The highest BCUT2D eigenvalue weighted by Gasteiger charge is 2.28. The molecule has 0 saturated heterocycles. The summed E-state index contributed by atoms with van der Waals surface area (Å²) in [6, 6.07) is 10.4. The average Bonchev–Trinajstić information content (AvgIpc) is 2.37. The van der Waals surface area contributed by atoms with E-state index in [0.29, 0.717) is 6.10 Å². The zero-order valence-corrected chi connectivity index (χ0v) is 13.6. The predicted octanol–water partition coefficient (Wildman–Crippen LogP) is 3.07. The van der Waals surface area contributed by atoms with E-state index >= 15 is 0 Å². The highest BCUT2D eigenvalue weighted by molar-refractivity contribution is 5.20. The highest BCUT2D eigenvalue weighted by atomic mass is 16.5. The van der Waals surface area contributed by atoms with E-state index in [0.717, 1.165) is 19.7 Å². The van der Waals surface area contributed by atoms with Crippen LogP contribution in [0.25, 0.3) is 0 Å². The first-order valence-electron chi connectivity index (χ1n) is 7.43. The summed E-state index contributed by atoms with van der Waals surface area (Å²) in [5, 5.41) is 0. The summed E-state index contributed by atoms with van der Waals surface area (Å²) in [5.41, 5.74) is 7.66. The van der Waals surface area contributed by atoms with Crippen LogP contribution in [0.5, 0.6) is 0 Å². The van der Waals surface area contributed by atoms with Gasteiger partial charge in [0.05, 0.1) is 12.7 Å². The average molecular weight is 278 g/mol.